The molecular formula is C27H29N5O4. The minimum absolute atomic E-state index is 0.103. The summed E-state index contributed by atoms with van der Waals surface area (Å²) in [5, 5.41) is 9.43. The first-order valence-corrected chi connectivity index (χ1v) is 12.1. The van der Waals surface area contributed by atoms with Gasteiger partial charge in [0.2, 0.25) is 5.91 Å². The monoisotopic (exact) mass is 487 g/mol. The lowest BCUT2D eigenvalue weighted by atomic mass is 10.0. The molecule has 186 valence electrons. The first-order valence-electron chi connectivity index (χ1n) is 12.1. The molecule has 9 heteroatoms. The molecule has 1 aliphatic heterocycles. The SMILES string of the molecule is CC(CO)C(=O)N1CCC[C@@H](n2c(=O)n(-c3ccc(Oc4ccccc4)cc3)c3c(N)nccc32)C1. The Hall–Kier alpha value is -4.11. The van der Waals surface area contributed by atoms with Crippen molar-refractivity contribution in [2.75, 3.05) is 25.4 Å². The zero-order valence-corrected chi connectivity index (χ0v) is 20.1. The molecule has 9 nitrogen and oxygen atoms in total. The van der Waals surface area contributed by atoms with Crippen LogP contribution in [-0.2, 0) is 4.79 Å². The van der Waals surface area contributed by atoms with Crippen molar-refractivity contribution >= 4 is 22.8 Å². The van der Waals surface area contributed by atoms with E-state index in [1.165, 1.54) is 0 Å². The number of aliphatic hydroxyl groups excluding tert-OH is 1. The molecule has 0 radical (unpaired) electrons. The van der Waals surface area contributed by atoms with Crippen LogP contribution < -0.4 is 16.2 Å². The summed E-state index contributed by atoms with van der Waals surface area (Å²) in [4.78, 5) is 32.6. The number of likely N-dealkylation sites (tertiary alicyclic amines) is 1. The number of carbonyl (C=O) groups excluding carboxylic acids is 1. The molecule has 36 heavy (non-hydrogen) atoms. The van der Waals surface area contributed by atoms with E-state index in [4.69, 9.17) is 10.5 Å². The Bertz CT molecular complexity index is 1430. The van der Waals surface area contributed by atoms with Crippen molar-refractivity contribution in [3.8, 4) is 17.2 Å². The van der Waals surface area contributed by atoms with Gasteiger partial charge in [-0.3, -0.25) is 13.9 Å². The van der Waals surface area contributed by atoms with Gasteiger partial charge in [-0.15, -0.1) is 0 Å². The van der Waals surface area contributed by atoms with Crippen molar-refractivity contribution in [1.82, 2.24) is 19.0 Å². The summed E-state index contributed by atoms with van der Waals surface area (Å²) in [6, 6.07) is 18.3. The number of aliphatic hydroxyl groups is 1. The molecule has 1 saturated heterocycles. The molecule has 0 bridgehead atoms. The molecule has 3 heterocycles. The number of anilines is 1. The molecule has 1 unspecified atom stereocenters. The van der Waals surface area contributed by atoms with Crippen molar-refractivity contribution in [2.45, 2.75) is 25.8 Å². The summed E-state index contributed by atoms with van der Waals surface area (Å²) in [6.07, 6.45) is 3.11. The van der Waals surface area contributed by atoms with Crippen LogP contribution in [0.15, 0.2) is 71.7 Å². The third-order valence-corrected chi connectivity index (χ3v) is 6.65. The van der Waals surface area contributed by atoms with Crippen molar-refractivity contribution in [3.05, 3.63) is 77.3 Å². The predicted molar refractivity (Wildman–Crippen MR) is 137 cm³/mol. The Kier molecular flexibility index (Phi) is 6.47. The Morgan fingerprint density at radius 1 is 1.14 bits per heavy atom. The summed E-state index contributed by atoms with van der Waals surface area (Å²) in [5.41, 5.74) is 7.88. The lowest BCUT2D eigenvalue weighted by molar-refractivity contribution is -0.137. The fourth-order valence-electron chi connectivity index (χ4n) is 4.83. The number of nitrogens with two attached hydrogens (primary N) is 1. The highest BCUT2D eigenvalue weighted by Gasteiger charge is 2.30. The second kappa shape index (κ2) is 9.87. The molecule has 5 rings (SSSR count). The number of hydrogen-bond acceptors (Lipinski definition) is 6. The van der Waals surface area contributed by atoms with E-state index >= 15 is 0 Å². The van der Waals surface area contributed by atoms with Gasteiger partial charge in [0, 0.05) is 19.3 Å². The van der Waals surface area contributed by atoms with E-state index in [9.17, 15) is 14.7 Å². The lowest BCUT2D eigenvalue weighted by Gasteiger charge is -2.34. The number of pyridine rings is 1. The molecule has 1 amide bonds. The van der Waals surface area contributed by atoms with Gasteiger partial charge in [-0.25, -0.2) is 9.78 Å². The third-order valence-electron chi connectivity index (χ3n) is 6.65. The molecule has 0 spiro atoms. The van der Waals surface area contributed by atoms with Crippen LogP contribution in [0.25, 0.3) is 16.7 Å². The molecule has 4 aromatic rings. The average molecular weight is 488 g/mol. The average Bonchev–Trinajstić information content (AvgIpc) is 3.22. The molecule has 2 aromatic heterocycles. The van der Waals surface area contributed by atoms with Gasteiger partial charge in [-0.05, 0) is 55.3 Å². The van der Waals surface area contributed by atoms with Crippen LogP contribution in [0.4, 0.5) is 5.82 Å². The van der Waals surface area contributed by atoms with Gasteiger partial charge < -0.3 is 20.5 Å². The van der Waals surface area contributed by atoms with E-state index in [1.54, 1.807) is 33.2 Å². The van der Waals surface area contributed by atoms with Crippen LogP contribution >= 0.6 is 0 Å². The molecule has 2 aromatic carbocycles. The number of piperidine rings is 1. The highest BCUT2D eigenvalue weighted by Crippen LogP contribution is 2.30. The number of imidazole rings is 1. The molecular weight excluding hydrogens is 458 g/mol. The van der Waals surface area contributed by atoms with Crippen molar-refractivity contribution in [3.63, 3.8) is 0 Å². The van der Waals surface area contributed by atoms with Gasteiger partial charge in [0.1, 0.15) is 22.8 Å². The maximum Gasteiger partial charge on any atom is 0.334 e. The van der Waals surface area contributed by atoms with Crippen LogP contribution in [0.1, 0.15) is 25.8 Å². The molecule has 1 aliphatic rings. The fourth-order valence-corrected chi connectivity index (χ4v) is 4.83. The van der Waals surface area contributed by atoms with Gasteiger partial charge in [-0.1, -0.05) is 25.1 Å². The molecule has 0 saturated carbocycles. The highest BCUT2D eigenvalue weighted by molar-refractivity contribution is 5.87. The number of ether oxygens (including phenoxy) is 1. The second-order valence-corrected chi connectivity index (χ2v) is 9.12. The first-order chi connectivity index (χ1) is 17.5. The number of carbonyl (C=O) groups is 1. The number of amides is 1. The Balaban J connectivity index is 1.53. The van der Waals surface area contributed by atoms with E-state index in [0.29, 0.717) is 35.6 Å². The second-order valence-electron chi connectivity index (χ2n) is 9.12. The predicted octanol–water partition coefficient (Wildman–Crippen LogP) is 3.35. The van der Waals surface area contributed by atoms with Crippen LogP contribution in [0.3, 0.4) is 0 Å². The zero-order valence-electron chi connectivity index (χ0n) is 20.1. The van der Waals surface area contributed by atoms with Gasteiger partial charge in [0.05, 0.1) is 29.8 Å². The standard InChI is InChI=1S/C27H29N5O4/c1-18(17-33)26(34)30-15-5-6-20(16-30)31-23-13-14-29-25(28)24(23)32(27(31)35)19-9-11-22(12-10-19)36-21-7-3-2-4-8-21/h2-4,7-14,18,20,33H,5-6,15-17H2,1H3,(H2,28,29)/t18?,20-/m1/s1. The van der Waals surface area contributed by atoms with Gasteiger partial charge in [0.15, 0.2) is 0 Å². The van der Waals surface area contributed by atoms with E-state index in [2.05, 4.69) is 4.98 Å². The van der Waals surface area contributed by atoms with Crippen LogP contribution in [0.2, 0.25) is 0 Å². The fraction of sp³-hybridized carbons (Fsp3) is 0.296. The summed E-state index contributed by atoms with van der Waals surface area (Å²) in [6.45, 7) is 2.51. The van der Waals surface area contributed by atoms with Crippen molar-refractivity contribution in [1.29, 1.82) is 0 Å². The van der Waals surface area contributed by atoms with Crippen LogP contribution in [0.5, 0.6) is 11.5 Å². The van der Waals surface area contributed by atoms with Gasteiger partial charge in [-0.2, -0.15) is 0 Å². The number of aromatic nitrogens is 3. The maximum absolute atomic E-state index is 13.9. The third kappa shape index (κ3) is 4.33. The van der Waals surface area contributed by atoms with E-state index < -0.39 is 5.92 Å². The van der Waals surface area contributed by atoms with Crippen LogP contribution in [0, 0.1) is 5.92 Å². The number of nitrogen functional groups attached to an aromatic ring is 1. The van der Waals surface area contributed by atoms with Crippen molar-refractivity contribution < 1.29 is 14.6 Å². The van der Waals surface area contributed by atoms with Gasteiger partial charge in [0.25, 0.3) is 0 Å². The lowest BCUT2D eigenvalue weighted by Crippen LogP contribution is -2.45. The minimum Gasteiger partial charge on any atom is -0.457 e. The summed E-state index contributed by atoms with van der Waals surface area (Å²) in [7, 11) is 0. The Morgan fingerprint density at radius 3 is 2.58 bits per heavy atom. The topological polar surface area (TPSA) is 116 Å². The number of nitrogens with zero attached hydrogens (tertiary/aromatic N) is 4. The van der Waals surface area contributed by atoms with E-state index in [1.807, 2.05) is 54.6 Å². The molecule has 3 N–H and O–H groups in total. The summed E-state index contributed by atoms with van der Waals surface area (Å²) < 4.78 is 9.19. The highest BCUT2D eigenvalue weighted by atomic mass is 16.5. The van der Waals surface area contributed by atoms with E-state index in [-0.39, 0.29) is 30.1 Å². The molecule has 1 fully saturated rings. The molecule has 0 aliphatic carbocycles. The Labute approximate surface area is 208 Å². The normalized spacial score (nSPS) is 16.7. The quantitative estimate of drug-likeness (QED) is 0.431. The van der Waals surface area contributed by atoms with Crippen molar-refractivity contribution in [2.24, 2.45) is 5.92 Å². The number of rotatable bonds is 6. The Morgan fingerprint density at radius 2 is 1.86 bits per heavy atom. The largest absolute Gasteiger partial charge is 0.457 e. The van der Waals surface area contributed by atoms with Crippen LogP contribution in [-0.4, -0.2) is 49.7 Å². The summed E-state index contributed by atoms with van der Waals surface area (Å²) in [5.74, 6) is 1.05. The number of para-hydroxylation sites is 1. The number of benzene rings is 2. The number of hydrogen-bond donors (Lipinski definition) is 2. The molecule has 2 atom stereocenters. The van der Waals surface area contributed by atoms with E-state index in [0.717, 1.165) is 18.6 Å². The first kappa shape index (κ1) is 23.6. The minimum atomic E-state index is -0.474. The maximum atomic E-state index is 13.9. The zero-order chi connectivity index (χ0) is 25.2. The number of fused-ring (bicyclic) bond motifs is 1. The summed E-state index contributed by atoms with van der Waals surface area (Å²) >= 11 is 0. The van der Waals surface area contributed by atoms with Gasteiger partial charge >= 0.3 is 5.69 Å². The smallest absolute Gasteiger partial charge is 0.334 e.